The first kappa shape index (κ1) is 9.27. The van der Waals surface area contributed by atoms with Gasteiger partial charge < -0.3 is 15.0 Å². The summed E-state index contributed by atoms with van der Waals surface area (Å²) in [6.45, 7) is 2.05. The molecule has 16 heavy (non-hydrogen) atoms. The van der Waals surface area contributed by atoms with Crippen molar-refractivity contribution >= 4 is 5.82 Å². The molecule has 0 bridgehead atoms. The highest BCUT2D eigenvalue weighted by Gasteiger charge is 2.23. The zero-order valence-corrected chi connectivity index (χ0v) is 8.93. The van der Waals surface area contributed by atoms with Crippen molar-refractivity contribution in [3.63, 3.8) is 0 Å². The smallest absolute Gasteiger partial charge is 0.172 e. The Labute approximate surface area is 93.0 Å². The van der Waals surface area contributed by atoms with E-state index in [1.165, 1.54) is 5.56 Å². The molecule has 1 aromatic heterocycles. The molecule has 2 aromatic rings. The molecule has 1 aliphatic rings. The zero-order chi connectivity index (χ0) is 11.1. The molecule has 0 saturated heterocycles. The average molecular weight is 216 g/mol. The van der Waals surface area contributed by atoms with Crippen LogP contribution in [-0.2, 0) is 6.42 Å². The Hall–Kier alpha value is -1.97. The maximum Gasteiger partial charge on any atom is 0.172 e. The van der Waals surface area contributed by atoms with E-state index >= 15 is 0 Å². The molecule has 0 fully saturated rings. The first-order valence-corrected chi connectivity index (χ1v) is 5.25. The van der Waals surface area contributed by atoms with E-state index in [1.54, 1.807) is 6.07 Å². The van der Waals surface area contributed by atoms with Gasteiger partial charge in [-0.3, -0.25) is 0 Å². The van der Waals surface area contributed by atoms with Crippen LogP contribution in [0.3, 0.4) is 0 Å². The summed E-state index contributed by atoms with van der Waals surface area (Å²) in [6, 6.07) is 7.73. The number of nitrogens with two attached hydrogens (primary N) is 1. The van der Waals surface area contributed by atoms with Crippen molar-refractivity contribution in [2.75, 3.05) is 5.73 Å². The summed E-state index contributed by atoms with van der Waals surface area (Å²) >= 11 is 0. The predicted octanol–water partition coefficient (Wildman–Crippen LogP) is 2.25. The first-order valence-electron chi connectivity index (χ1n) is 5.25. The van der Waals surface area contributed by atoms with E-state index in [0.717, 1.165) is 17.7 Å². The number of rotatable bonds is 1. The van der Waals surface area contributed by atoms with Crippen LogP contribution in [0.25, 0.3) is 11.3 Å². The summed E-state index contributed by atoms with van der Waals surface area (Å²) in [6.07, 6.45) is 1.16. The van der Waals surface area contributed by atoms with Crippen molar-refractivity contribution in [3.8, 4) is 17.1 Å². The SMILES string of the molecule is CC1Cc2cccc(-c3cc(N)no3)c2O1. The van der Waals surface area contributed by atoms with Crippen molar-refractivity contribution in [2.24, 2.45) is 0 Å². The maximum absolute atomic E-state index is 5.77. The fraction of sp³-hybridized carbons (Fsp3) is 0.250. The van der Waals surface area contributed by atoms with Gasteiger partial charge in [-0.1, -0.05) is 17.3 Å². The summed E-state index contributed by atoms with van der Waals surface area (Å²) in [7, 11) is 0. The molecule has 0 radical (unpaired) electrons. The van der Waals surface area contributed by atoms with Crippen LogP contribution in [0.5, 0.6) is 5.75 Å². The van der Waals surface area contributed by atoms with Gasteiger partial charge in [0.05, 0.1) is 5.56 Å². The van der Waals surface area contributed by atoms with Crippen molar-refractivity contribution < 1.29 is 9.26 Å². The third-order valence-electron chi connectivity index (χ3n) is 2.72. The van der Waals surface area contributed by atoms with Gasteiger partial charge in [0.15, 0.2) is 11.6 Å². The molecule has 4 nitrogen and oxygen atoms in total. The van der Waals surface area contributed by atoms with Crippen LogP contribution < -0.4 is 10.5 Å². The van der Waals surface area contributed by atoms with Gasteiger partial charge in [-0.25, -0.2) is 0 Å². The van der Waals surface area contributed by atoms with Gasteiger partial charge in [-0.05, 0) is 18.6 Å². The maximum atomic E-state index is 5.77. The normalized spacial score (nSPS) is 18.2. The molecule has 0 amide bonds. The Morgan fingerprint density at radius 2 is 2.31 bits per heavy atom. The highest BCUT2D eigenvalue weighted by atomic mass is 16.5. The van der Waals surface area contributed by atoms with Crippen LogP contribution in [0.1, 0.15) is 12.5 Å². The molecule has 0 saturated carbocycles. The lowest BCUT2D eigenvalue weighted by Gasteiger charge is -2.06. The summed E-state index contributed by atoms with van der Waals surface area (Å²) in [4.78, 5) is 0. The Bertz CT molecular complexity index is 534. The minimum Gasteiger partial charge on any atom is -0.489 e. The lowest BCUT2D eigenvalue weighted by molar-refractivity contribution is 0.255. The lowest BCUT2D eigenvalue weighted by atomic mass is 10.1. The van der Waals surface area contributed by atoms with E-state index in [-0.39, 0.29) is 6.10 Å². The van der Waals surface area contributed by atoms with Crippen LogP contribution in [0, 0.1) is 0 Å². The number of benzene rings is 1. The van der Waals surface area contributed by atoms with E-state index in [1.807, 2.05) is 12.1 Å². The summed E-state index contributed by atoms with van der Waals surface area (Å²) < 4.78 is 10.9. The summed E-state index contributed by atoms with van der Waals surface area (Å²) in [5.41, 5.74) is 7.67. The van der Waals surface area contributed by atoms with Crippen LogP contribution in [0.2, 0.25) is 0 Å². The van der Waals surface area contributed by atoms with Crippen LogP contribution in [-0.4, -0.2) is 11.3 Å². The quantitative estimate of drug-likeness (QED) is 0.794. The molecule has 1 atom stereocenters. The monoisotopic (exact) mass is 216 g/mol. The van der Waals surface area contributed by atoms with Gasteiger partial charge in [0.2, 0.25) is 0 Å². The van der Waals surface area contributed by atoms with E-state index in [0.29, 0.717) is 11.6 Å². The molecule has 4 heteroatoms. The van der Waals surface area contributed by atoms with Gasteiger partial charge in [-0.15, -0.1) is 0 Å². The molecule has 82 valence electrons. The van der Waals surface area contributed by atoms with Crippen LogP contribution in [0.4, 0.5) is 5.82 Å². The van der Waals surface area contributed by atoms with Crippen molar-refractivity contribution in [1.29, 1.82) is 0 Å². The first-order chi connectivity index (χ1) is 7.74. The fourth-order valence-corrected chi connectivity index (χ4v) is 2.05. The topological polar surface area (TPSA) is 61.3 Å². The van der Waals surface area contributed by atoms with Crippen molar-refractivity contribution in [3.05, 3.63) is 29.8 Å². The third kappa shape index (κ3) is 1.34. The van der Waals surface area contributed by atoms with Gasteiger partial charge in [-0.2, -0.15) is 0 Å². The van der Waals surface area contributed by atoms with Gasteiger partial charge in [0.25, 0.3) is 0 Å². The number of hydrogen-bond acceptors (Lipinski definition) is 4. The van der Waals surface area contributed by atoms with E-state index in [9.17, 15) is 0 Å². The Balaban J connectivity index is 2.13. The largest absolute Gasteiger partial charge is 0.489 e. The van der Waals surface area contributed by atoms with E-state index < -0.39 is 0 Å². The summed E-state index contributed by atoms with van der Waals surface area (Å²) in [5, 5.41) is 3.68. The number of hydrogen-bond donors (Lipinski definition) is 1. The molecule has 1 aliphatic heterocycles. The second kappa shape index (κ2) is 3.27. The Morgan fingerprint density at radius 3 is 3.06 bits per heavy atom. The highest BCUT2D eigenvalue weighted by molar-refractivity contribution is 5.70. The molecule has 2 N–H and O–H groups in total. The van der Waals surface area contributed by atoms with E-state index in [4.69, 9.17) is 15.0 Å². The van der Waals surface area contributed by atoms with Gasteiger partial charge >= 0.3 is 0 Å². The lowest BCUT2D eigenvalue weighted by Crippen LogP contribution is -2.05. The number of aromatic nitrogens is 1. The Kier molecular flexibility index (Phi) is 1.89. The number of ether oxygens (including phenoxy) is 1. The average Bonchev–Trinajstić information content (AvgIpc) is 2.82. The second-order valence-electron chi connectivity index (χ2n) is 4.04. The minimum atomic E-state index is 0.219. The molecular weight excluding hydrogens is 204 g/mol. The highest BCUT2D eigenvalue weighted by Crippen LogP contribution is 2.38. The molecule has 0 spiro atoms. The van der Waals surface area contributed by atoms with Crippen LogP contribution in [0.15, 0.2) is 28.8 Å². The predicted molar refractivity (Wildman–Crippen MR) is 60.1 cm³/mol. The molecule has 1 aromatic carbocycles. The molecule has 0 aliphatic carbocycles. The molecule has 3 rings (SSSR count). The van der Waals surface area contributed by atoms with Gasteiger partial charge in [0, 0.05) is 12.5 Å². The summed E-state index contributed by atoms with van der Waals surface area (Å²) in [5.74, 6) is 1.94. The minimum absolute atomic E-state index is 0.219. The van der Waals surface area contributed by atoms with Crippen molar-refractivity contribution in [1.82, 2.24) is 5.16 Å². The fourth-order valence-electron chi connectivity index (χ4n) is 2.05. The third-order valence-corrected chi connectivity index (χ3v) is 2.72. The number of fused-ring (bicyclic) bond motifs is 1. The second-order valence-corrected chi connectivity index (χ2v) is 4.04. The van der Waals surface area contributed by atoms with Crippen LogP contribution >= 0.6 is 0 Å². The van der Waals surface area contributed by atoms with Crippen molar-refractivity contribution in [2.45, 2.75) is 19.4 Å². The van der Waals surface area contributed by atoms with Gasteiger partial charge in [0.1, 0.15) is 11.9 Å². The number of anilines is 1. The zero-order valence-electron chi connectivity index (χ0n) is 8.93. The molecular formula is C12H12N2O2. The number of nitrogen functional groups attached to an aromatic ring is 1. The number of para-hydroxylation sites is 1. The molecule has 2 heterocycles. The standard InChI is InChI=1S/C12H12N2O2/c1-7-5-8-3-2-4-9(12(8)15-7)10-6-11(13)14-16-10/h2-4,6-7H,5H2,1H3,(H2,13,14). The number of nitrogens with zero attached hydrogens (tertiary/aromatic N) is 1. The molecule has 1 unspecified atom stereocenters. The van der Waals surface area contributed by atoms with E-state index in [2.05, 4.69) is 18.1 Å². The Morgan fingerprint density at radius 1 is 1.44 bits per heavy atom.